The standard InChI is InChI=1S/C12H17BrN2O4S2/c1-7-3-8(14)6-15(5-7)21(17,18)10-4-9(12(16)19-2)20-11(10)13/h4,7-8H,3,5-6,14H2,1-2H3. The van der Waals surface area contributed by atoms with Gasteiger partial charge in [-0.2, -0.15) is 4.31 Å². The topological polar surface area (TPSA) is 89.7 Å². The molecule has 2 atom stereocenters. The lowest BCUT2D eigenvalue weighted by molar-refractivity contribution is 0.0606. The van der Waals surface area contributed by atoms with Gasteiger partial charge in [0.1, 0.15) is 9.77 Å². The van der Waals surface area contributed by atoms with E-state index >= 15 is 0 Å². The third-order valence-electron chi connectivity index (χ3n) is 3.32. The number of ether oxygens (including phenoxy) is 1. The summed E-state index contributed by atoms with van der Waals surface area (Å²) in [4.78, 5) is 11.9. The zero-order valence-electron chi connectivity index (χ0n) is 11.7. The van der Waals surface area contributed by atoms with Crippen molar-refractivity contribution in [3.8, 4) is 0 Å². The van der Waals surface area contributed by atoms with E-state index in [0.29, 0.717) is 16.9 Å². The summed E-state index contributed by atoms with van der Waals surface area (Å²) < 4.78 is 31.8. The van der Waals surface area contributed by atoms with Crippen molar-refractivity contribution in [2.45, 2.75) is 24.3 Å². The third kappa shape index (κ3) is 3.48. The molecule has 1 aromatic rings. The van der Waals surface area contributed by atoms with E-state index in [9.17, 15) is 13.2 Å². The molecule has 2 rings (SSSR count). The van der Waals surface area contributed by atoms with Crippen molar-refractivity contribution in [3.05, 3.63) is 14.7 Å². The monoisotopic (exact) mass is 396 g/mol. The quantitative estimate of drug-likeness (QED) is 0.784. The van der Waals surface area contributed by atoms with E-state index in [4.69, 9.17) is 5.73 Å². The van der Waals surface area contributed by atoms with Crippen molar-refractivity contribution in [1.82, 2.24) is 4.31 Å². The van der Waals surface area contributed by atoms with Crippen LogP contribution in [0.5, 0.6) is 0 Å². The molecular weight excluding hydrogens is 380 g/mol. The number of thiophene rings is 1. The highest BCUT2D eigenvalue weighted by Crippen LogP contribution is 2.35. The molecule has 2 heterocycles. The average molecular weight is 397 g/mol. The van der Waals surface area contributed by atoms with E-state index in [1.807, 2.05) is 6.92 Å². The summed E-state index contributed by atoms with van der Waals surface area (Å²) >= 11 is 4.27. The summed E-state index contributed by atoms with van der Waals surface area (Å²) in [5.41, 5.74) is 5.91. The van der Waals surface area contributed by atoms with E-state index < -0.39 is 16.0 Å². The third-order valence-corrected chi connectivity index (χ3v) is 7.38. The Hall–Kier alpha value is -0.480. The summed E-state index contributed by atoms with van der Waals surface area (Å²) in [5, 5.41) is 0. The molecule has 0 spiro atoms. The van der Waals surface area contributed by atoms with Crippen LogP contribution in [0.15, 0.2) is 14.7 Å². The molecule has 1 aliphatic heterocycles. The van der Waals surface area contributed by atoms with E-state index in [1.165, 1.54) is 17.5 Å². The SMILES string of the molecule is COC(=O)c1cc(S(=O)(=O)N2CC(C)CC(N)C2)c(Br)s1. The number of carbonyl (C=O) groups is 1. The molecule has 21 heavy (non-hydrogen) atoms. The molecular formula is C12H17BrN2O4S2. The van der Waals surface area contributed by atoms with Crippen molar-refractivity contribution < 1.29 is 17.9 Å². The molecule has 2 N–H and O–H groups in total. The van der Waals surface area contributed by atoms with Gasteiger partial charge in [0.2, 0.25) is 10.0 Å². The second-order valence-corrected chi connectivity index (χ2v) is 9.44. The number of carbonyl (C=O) groups excluding carboxylic acids is 1. The number of esters is 1. The van der Waals surface area contributed by atoms with Gasteiger partial charge in [0, 0.05) is 19.1 Å². The van der Waals surface area contributed by atoms with E-state index in [1.54, 1.807) is 0 Å². The largest absolute Gasteiger partial charge is 0.465 e. The first-order chi connectivity index (χ1) is 9.75. The van der Waals surface area contributed by atoms with Crippen molar-refractivity contribution >= 4 is 43.3 Å². The van der Waals surface area contributed by atoms with Crippen LogP contribution in [0.1, 0.15) is 23.0 Å². The maximum Gasteiger partial charge on any atom is 0.348 e. The maximum absolute atomic E-state index is 12.7. The van der Waals surface area contributed by atoms with Crippen LogP contribution < -0.4 is 5.73 Å². The Bertz CT molecular complexity index is 634. The molecule has 0 bridgehead atoms. The fourth-order valence-corrected chi connectivity index (χ4v) is 6.46. The summed E-state index contributed by atoms with van der Waals surface area (Å²) in [5.74, 6) is -0.341. The first-order valence-corrected chi connectivity index (χ1v) is 9.44. The van der Waals surface area contributed by atoms with Gasteiger partial charge in [-0.3, -0.25) is 0 Å². The highest BCUT2D eigenvalue weighted by atomic mass is 79.9. The average Bonchev–Trinajstić information content (AvgIpc) is 2.79. The van der Waals surface area contributed by atoms with Crippen LogP contribution in [0.2, 0.25) is 0 Å². The first-order valence-electron chi connectivity index (χ1n) is 6.39. The highest BCUT2D eigenvalue weighted by Gasteiger charge is 2.34. The normalized spacial score (nSPS) is 24.0. The van der Waals surface area contributed by atoms with E-state index in [-0.39, 0.29) is 21.7 Å². The number of hydrogen-bond acceptors (Lipinski definition) is 6. The molecule has 0 amide bonds. The molecule has 6 nitrogen and oxygen atoms in total. The summed E-state index contributed by atoms with van der Waals surface area (Å²) in [6.07, 6.45) is 0.810. The number of halogens is 1. The van der Waals surface area contributed by atoms with Crippen LogP contribution in [0.3, 0.4) is 0 Å². The van der Waals surface area contributed by atoms with Gasteiger partial charge in [-0.1, -0.05) is 6.92 Å². The van der Waals surface area contributed by atoms with Gasteiger partial charge in [-0.15, -0.1) is 11.3 Å². The van der Waals surface area contributed by atoms with Crippen LogP contribution in [0.25, 0.3) is 0 Å². The number of sulfonamides is 1. The molecule has 0 radical (unpaired) electrons. The molecule has 1 aliphatic rings. The van der Waals surface area contributed by atoms with E-state index in [2.05, 4.69) is 20.7 Å². The zero-order valence-corrected chi connectivity index (χ0v) is 14.9. The Balaban J connectivity index is 2.35. The lowest BCUT2D eigenvalue weighted by Crippen LogP contribution is -2.48. The predicted molar refractivity (Wildman–Crippen MR) is 83.9 cm³/mol. The summed E-state index contributed by atoms with van der Waals surface area (Å²) in [7, 11) is -2.41. The van der Waals surface area contributed by atoms with Gasteiger partial charge < -0.3 is 10.5 Å². The van der Waals surface area contributed by atoms with Gasteiger partial charge in [-0.25, -0.2) is 13.2 Å². The van der Waals surface area contributed by atoms with Gasteiger partial charge in [0.15, 0.2) is 0 Å². The molecule has 0 saturated carbocycles. The molecule has 1 saturated heterocycles. The number of piperidine rings is 1. The zero-order chi connectivity index (χ0) is 15.8. The first kappa shape index (κ1) is 16.9. The minimum atomic E-state index is -3.67. The number of rotatable bonds is 3. The molecule has 9 heteroatoms. The molecule has 1 fully saturated rings. The van der Waals surface area contributed by atoms with Crippen molar-refractivity contribution in [3.63, 3.8) is 0 Å². The Morgan fingerprint density at radius 3 is 2.76 bits per heavy atom. The highest BCUT2D eigenvalue weighted by molar-refractivity contribution is 9.11. The minimum absolute atomic E-state index is 0.0919. The van der Waals surface area contributed by atoms with Crippen LogP contribution in [0.4, 0.5) is 0 Å². The molecule has 0 aromatic carbocycles. The summed E-state index contributed by atoms with van der Waals surface area (Å²) in [6, 6.07) is 1.18. The molecule has 118 valence electrons. The van der Waals surface area contributed by atoms with Crippen LogP contribution >= 0.6 is 27.3 Å². The fourth-order valence-electron chi connectivity index (χ4n) is 2.41. The van der Waals surface area contributed by atoms with Gasteiger partial charge in [-0.05, 0) is 34.3 Å². The molecule has 1 aromatic heterocycles. The Labute approximate surface area is 136 Å². The van der Waals surface area contributed by atoms with Crippen molar-refractivity contribution in [2.75, 3.05) is 20.2 Å². The number of nitrogens with zero attached hydrogens (tertiary/aromatic N) is 1. The fraction of sp³-hybridized carbons (Fsp3) is 0.583. The molecule has 0 aliphatic carbocycles. The Kier molecular flexibility index (Phi) is 5.09. The van der Waals surface area contributed by atoms with Gasteiger partial charge in [0.05, 0.1) is 10.9 Å². The Morgan fingerprint density at radius 2 is 2.19 bits per heavy atom. The van der Waals surface area contributed by atoms with E-state index in [0.717, 1.165) is 17.8 Å². The lowest BCUT2D eigenvalue weighted by Gasteiger charge is -2.33. The summed E-state index contributed by atoms with van der Waals surface area (Å²) in [6.45, 7) is 2.71. The second kappa shape index (κ2) is 6.33. The predicted octanol–water partition coefficient (Wildman–Crippen LogP) is 1.66. The number of hydrogen-bond donors (Lipinski definition) is 1. The number of nitrogens with two attached hydrogens (primary N) is 1. The molecule has 2 unspecified atom stereocenters. The lowest BCUT2D eigenvalue weighted by atomic mass is 9.99. The van der Waals surface area contributed by atoms with Crippen LogP contribution in [-0.4, -0.2) is 44.9 Å². The van der Waals surface area contributed by atoms with Crippen LogP contribution in [-0.2, 0) is 14.8 Å². The number of methoxy groups -OCH3 is 1. The van der Waals surface area contributed by atoms with Gasteiger partial charge >= 0.3 is 5.97 Å². The van der Waals surface area contributed by atoms with Crippen LogP contribution in [0, 0.1) is 5.92 Å². The minimum Gasteiger partial charge on any atom is -0.465 e. The van der Waals surface area contributed by atoms with Crippen molar-refractivity contribution in [2.24, 2.45) is 11.7 Å². The second-order valence-electron chi connectivity index (χ2n) is 5.16. The van der Waals surface area contributed by atoms with Gasteiger partial charge in [0.25, 0.3) is 0 Å². The maximum atomic E-state index is 12.7. The van der Waals surface area contributed by atoms with Crippen molar-refractivity contribution in [1.29, 1.82) is 0 Å². The smallest absolute Gasteiger partial charge is 0.348 e. The Morgan fingerprint density at radius 1 is 1.52 bits per heavy atom.